The van der Waals surface area contributed by atoms with Crippen molar-refractivity contribution in [1.82, 2.24) is 0 Å². The fraction of sp³-hybridized carbons (Fsp3) is 0.667. The monoisotopic (exact) mass is 138 g/mol. The normalized spacial score (nSPS) is 11.4. The molecule has 3 nitrogen and oxygen atoms in total. The number of ether oxygens (including phenoxy) is 2. The molecule has 0 aliphatic carbocycles. The van der Waals surface area contributed by atoms with Crippen LogP contribution in [0.25, 0.3) is 0 Å². The van der Waals surface area contributed by atoms with E-state index in [9.17, 15) is 5.11 Å². The van der Waals surface area contributed by atoms with Crippen LogP contribution in [0.3, 0.4) is 0 Å². The van der Waals surface area contributed by atoms with Crippen molar-refractivity contribution in [1.29, 1.82) is 0 Å². The van der Waals surface area contributed by atoms with E-state index in [-0.39, 0.29) is 18.9 Å². The SMILES string of the molecule is C=COCCOC(C)[O-].[Li+]. The maximum Gasteiger partial charge on any atom is 1.00 e. The molecule has 0 saturated carbocycles. The first-order valence-electron chi connectivity index (χ1n) is 2.77. The number of hydrogen-bond donors (Lipinski definition) is 0. The van der Waals surface area contributed by atoms with Crippen LogP contribution in [-0.2, 0) is 9.47 Å². The molecule has 0 heterocycles. The van der Waals surface area contributed by atoms with Crippen LogP contribution in [-0.4, -0.2) is 19.5 Å². The third-order valence-electron chi connectivity index (χ3n) is 0.672. The van der Waals surface area contributed by atoms with Crippen LogP contribution in [0.4, 0.5) is 0 Å². The molecule has 0 fully saturated rings. The molecule has 54 valence electrons. The Kier molecular flexibility index (Phi) is 11.5. The van der Waals surface area contributed by atoms with Gasteiger partial charge < -0.3 is 14.6 Å². The first-order chi connectivity index (χ1) is 4.27. The molecule has 0 spiro atoms. The first kappa shape index (κ1) is 12.7. The molecule has 0 aromatic carbocycles. The van der Waals surface area contributed by atoms with Gasteiger partial charge in [-0.1, -0.05) is 13.5 Å². The van der Waals surface area contributed by atoms with E-state index in [1.807, 2.05) is 0 Å². The molecule has 0 bridgehead atoms. The Morgan fingerprint density at radius 3 is 2.60 bits per heavy atom. The summed E-state index contributed by atoms with van der Waals surface area (Å²) in [6.45, 7) is 5.49. The summed E-state index contributed by atoms with van der Waals surface area (Å²) >= 11 is 0. The van der Waals surface area contributed by atoms with Crippen molar-refractivity contribution >= 4 is 0 Å². The predicted octanol–water partition coefficient (Wildman–Crippen LogP) is -3.13. The Balaban J connectivity index is 0. The van der Waals surface area contributed by atoms with Gasteiger partial charge in [-0.2, -0.15) is 0 Å². The molecule has 0 amide bonds. The van der Waals surface area contributed by atoms with Crippen molar-refractivity contribution in [2.24, 2.45) is 0 Å². The van der Waals surface area contributed by atoms with E-state index >= 15 is 0 Å². The second-order valence-corrected chi connectivity index (χ2v) is 1.48. The molecule has 0 aliphatic rings. The molecule has 0 aliphatic heterocycles. The van der Waals surface area contributed by atoms with Crippen molar-refractivity contribution in [2.75, 3.05) is 13.2 Å². The van der Waals surface area contributed by atoms with Crippen LogP contribution in [0.5, 0.6) is 0 Å². The smallest absolute Gasteiger partial charge is 0.831 e. The van der Waals surface area contributed by atoms with Crippen molar-refractivity contribution in [2.45, 2.75) is 13.2 Å². The molecule has 4 heteroatoms. The van der Waals surface area contributed by atoms with Crippen LogP contribution in [0.2, 0.25) is 0 Å². The third kappa shape index (κ3) is 10.9. The van der Waals surface area contributed by atoms with Gasteiger partial charge in [0.05, 0.1) is 12.9 Å². The van der Waals surface area contributed by atoms with E-state index < -0.39 is 6.29 Å². The minimum absolute atomic E-state index is 0. The Hall–Kier alpha value is 0.0574. The van der Waals surface area contributed by atoms with Crippen molar-refractivity contribution in [3.8, 4) is 0 Å². The van der Waals surface area contributed by atoms with Gasteiger partial charge in [-0.25, -0.2) is 0 Å². The molecule has 1 unspecified atom stereocenters. The van der Waals surface area contributed by atoms with Crippen molar-refractivity contribution < 1.29 is 33.4 Å². The summed E-state index contributed by atoms with van der Waals surface area (Å²) in [5.41, 5.74) is 0. The molecule has 0 aromatic heterocycles. The standard InChI is InChI=1S/C6H11O3.Li/c1-3-8-4-5-9-6(2)7;/h3,6H,1,4-5H2,2H3;/q-1;+1. The maximum absolute atomic E-state index is 10.2. The summed E-state index contributed by atoms with van der Waals surface area (Å²) in [6.07, 6.45) is 0.358. The fourth-order valence-electron chi connectivity index (χ4n) is 0.346. The topological polar surface area (TPSA) is 41.5 Å². The summed E-state index contributed by atoms with van der Waals surface area (Å²) in [5, 5.41) is 10.2. The zero-order valence-electron chi connectivity index (χ0n) is 6.50. The van der Waals surface area contributed by atoms with E-state index in [1.54, 1.807) is 0 Å². The molecule has 0 rings (SSSR count). The minimum atomic E-state index is -0.960. The van der Waals surface area contributed by atoms with Gasteiger partial charge in [0.25, 0.3) is 0 Å². The third-order valence-corrected chi connectivity index (χ3v) is 0.672. The van der Waals surface area contributed by atoms with E-state index in [0.717, 1.165) is 0 Å². The predicted molar refractivity (Wildman–Crippen MR) is 31.6 cm³/mol. The minimum Gasteiger partial charge on any atom is -0.831 e. The largest absolute Gasteiger partial charge is 1.00 e. The Bertz CT molecular complexity index is 75.4. The van der Waals surface area contributed by atoms with Gasteiger partial charge in [-0.3, -0.25) is 0 Å². The summed E-state index contributed by atoms with van der Waals surface area (Å²) in [6, 6.07) is 0. The second kappa shape index (κ2) is 9.06. The fourth-order valence-corrected chi connectivity index (χ4v) is 0.346. The molecule has 1 atom stereocenters. The second-order valence-electron chi connectivity index (χ2n) is 1.48. The molecular weight excluding hydrogens is 127 g/mol. The summed E-state index contributed by atoms with van der Waals surface area (Å²) in [7, 11) is 0. The van der Waals surface area contributed by atoms with Gasteiger partial charge in [0.15, 0.2) is 0 Å². The van der Waals surface area contributed by atoms with Gasteiger partial charge in [0.2, 0.25) is 0 Å². The van der Waals surface area contributed by atoms with E-state index in [4.69, 9.17) is 0 Å². The van der Waals surface area contributed by atoms with Gasteiger partial charge in [0.1, 0.15) is 6.61 Å². The Morgan fingerprint density at radius 1 is 1.60 bits per heavy atom. The molecule has 0 radical (unpaired) electrons. The average molecular weight is 138 g/mol. The molecule has 10 heavy (non-hydrogen) atoms. The van der Waals surface area contributed by atoms with Gasteiger partial charge in [-0.15, -0.1) is 0 Å². The molecule has 0 N–H and O–H groups in total. The summed E-state index contributed by atoms with van der Waals surface area (Å²) < 4.78 is 9.30. The number of rotatable bonds is 5. The van der Waals surface area contributed by atoms with Crippen LogP contribution in [0.15, 0.2) is 12.8 Å². The van der Waals surface area contributed by atoms with Crippen LogP contribution in [0, 0.1) is 0 Å². The van der Waals surface area contributed by atoms with E-state index in [0.29, 0.717) is 13.2 Å². The Morgan fingerprint density at radius 2 is 2.20 bits per heavy atom. The maximum atomic E-state index is 10.2. The average Bonchev–Trinajstić information content (AvgIpc) is 1.80. The van der Waals surface area contributed by atoms with Crippen molar-refractivity contribution in [3.63, 3.8) is 0 Å². The number of hydrogen-bond acceptors (Lipinski definition) is 3. The van der Waals surface area contributed by atoms with Crippen LogP contribution < -0.4 is 24.0 Å². The Labute approximate surface area is 73.2 Å². The van der Waals surface area contributed by atoms with Gasteiger partial charge in [0, 0.05) is 0 Å². The summed E-state index contributed by atoms with van der Waals surface area (Å²) in [4.78, 5) is 0. The quantitative estimate of drug-likeness (QED) is 0.175. The molecule has 0 saturated heterocycles. The summed E-state index contributed by atoms with van der Waals surface area (Å²) in [5.74, 6) is 0. The van der Waals surface area contributed by atoms with Gasteiger partial charge in [-0.05, 0) is 6.29 Å². The molecule has 0 aromatic rings. The zero-order chi connectivity index (χ0) is 7.11. The molecular formula is C6H11LiO3. The van der Waals surface area contributed by atoms with E-state index in [1.165, 1.54) is 13.2 Å². The first-order valence-corrected chi connectivity index (χ1v) is 2.77. The van der Waals surface area contributed by atoms with Crippen molar-refractivity contribution in [3.05, 3.63) is 12.8 Å². The van der Waals surface area contributed by atoms with Gasteiger partial charge >= 0.3 is 18.9 Å². The van der Waals surface area contributed by atoms with Crippen LogP contribution >= 0.6 is 0 Å². The van der Waals surface area contributed by atoms with E-state index in [2.05, 4.69) is 16.1 Å². The van der Waals surface area contributed by atoms with Crippen LogP contribution in [0.1, 0.15) is 6.92 Å². The zero-order valence-corrected chi connectivity index (χ0v) is 6.50.